The first-order chi connectivity index (χ1) is 15.5. The molecule has 0 radical (unpaired) electrons. The molecule has 8 heteroatoms. The summed E-state index contributed by atoms with van der Waals surface area (Å²) < 4.78 is 5.43. The van der Waals surface area contributed by atoms with Crippen LogP contribution in [0.4, 0.5) is 4.79 Å². The summed E-state index contributed by atoms with van der Waals surface area (Å²) in [4.78, 5) is 28.9. The van der Waals surface area contributed by atoms with E-state index in [1.54, 1.807) is 37.8 Å². The van der Waals surface area contributed by atoms with E-state index >= 15 is 0 Å². The van der Waals surface area contributed by atoms with E-state index in [2.05, 4.69) is 18.3 Å². The lowest BCUT2D eigenvalue weighted by Crippen LogP contribution is -2.72. The Balaban J connectivity index is 1.72. The van der Waals surface area contributed by atoms with Crippen molar-refractivity contribution in [3.05, 3.63) is 34.9 Å². The molecular weight excluding hydrogens is 440 g/mol. The van der Waals surface area contributed by atoms with Crippen molar-refractivity contribution in [2.75, 3.05) is 19.6 Å². The van der Waals surface area contributed by atoms with E-state index < -0.39 is 17.2 Å². The fourth-order valence-electron chi connectivity index (χ4n) is 4.38. The SMILES string of the molecule is CC(C)(C)OC(=O)N1CC(C#N)(N(Cc2ccc(Cl)cc2)C(=O)CN[C@H]2CC[C@H](C)CC2)C1. The van der Waals surface area contributed by atoms with Gasteiger partial charge in [0, 0.05) is 17.6 Å². The van der Waals surface area contributed by atoms with Crippen LogP contribution in [-0.4, -0.2) is 58.6 Å². The normalized spacial score (nSPS) is 22.1. The number of carbonyl (C=O) groups is 2. The van der Waals surface area contributed by atoms with E-state index in [0.717, 1.165) is 37.2 Å². The Hall–Kier alpha value is -2.30. The lowest BCUT2D eigenvalue weighted by molar-refractivity contribution is -0.142. The van der Waals surface area contributed by atoms with Crippen LogP contribution in [0.5, 0.6) is 0 Å². The van der Waals surface area contributed by atoms with E-state index in [0.29, 0.717) is 11.1 Å². The van der Waals surface area contributed by atoms with Gasteiger partial charge in [-0.2, -0.15) is 5.26 Å². The lowest BCUT2D eigenvalue weighted by atomic mass is 9.87. The van der Waals surface area contributed by atoms with Gasteiger partial charge in [-0.25, -0.2) is 4.79 Å². The molecule has 2 fully saturated rings. The number of nitriles is 1. The number of ether oxygens (including phenoxy) is 1. The van der Waals surface area contributed by atoms with Gasteiger partial charge in [0.1, 0.15) is 5.60 Å². The van der Waals surface area contributed by atoms with Crippen LogP contribution in [0.2, 0.25) is 5.02 Å². The molecule has 1 aliphatic carbocycles. The van der Waals surface area contributed by atoms with Gasteiger partial charge < -0.3 is 19.9 Å². The summed E-state index contributed by atoms with van der Waals surface area (Å²) in [6, 6.07) is 9.89. The lowest BCUT2D eigenvalue weighted by Gasteiger charge is -2.51. The molecule has 1 saturated carbocycles. The predicted molar refractivity (Wildman–Crippen MR) is 128 cm³/mol. The molecule has 33 heavy (non-hydrogen) atoms. The van der Waals surface area contributed by atoms with Gasteiger partial charge >= 0.3 is 6.09 Å². The summed E-state index contributed by atoms with van der Waals surface area (Å²) in [7, 11) is 0. The molecule has 1 saturated heterocycles. The van der Waals surface area contributed by atoms with Crippen molar-refractivity contribution in [2.24, 2.45) is 5.92 Å². The van der Waals surface area contributed by atoms with Gasteiger partial charge in [-0.3, -0.25) is 4.79 Å². The Bertz CT molecular complexity index is 876. The molecule has 1 aromatic carbocycles. The Morgan fingerprint density at radius 1 is 1.21 bits per heavy atom. The zero-order valence-electron chi connectivity index (χ0n) is 20.1. The Labute approximate surface area is 202 Å². The van der Waals surface area contributed by atoms with Gasteiger partial charge in [0.05, 0.1) is 25.7 Å². The molecule has 180 valence electrons. The summed E-state index contributed by atoms with van der Waals surface area (Å²) in [5.74, 6) is 0.588. The Kier molecular flexibility index (Phi) is 7.92. The third-order valence-corrected chi connectivity index (χ3v) is 6.65. The van der Waals surface area contributed by atoms with Crippen molar-refractivity contribution >= 4 is 23.6 Å². The van der Waals surface area contributed by atoms with Crippen LogP contribution >= 0.6 is 11.6 Å². The molecule has 3 rings (SSSR count). The zero-order chi connectivity index (χ0) is 24.2. The highest BCUT2D eigenvalue weighted by Gasteiger charge is 2.53. The molecule has 0 unspecified atom stereocenters. The van der Waals surface area contributed by atoms with Crippen molar-refractivity contribution in [1.29, 1.82) is 5.26 Å². The van der Waals surface area contributed by atoms with Crippen molar-refractivity contribution in [2.45, 2.75) is 77.1 Å². The van der Waals surface area contributed by atoms with Crippen LogP contribution in [0.1, 0.15) is 58.9 Å². The van der Waals surface area contributed by atoms with E-state index in [9.17, 15) is 14.9 Å². The number of nitrogens with zero attached hydrogens (tertiary/aromatic N) is 3. The van der Waals surface area contributed by atoms with Gasteiger partial charge in [-0.1, -0.05) is 30.7 Å². The maximum absolute atomic E-state index is 13.4. The first kappa shape index (κ1) is 25.3. The highest BCUT2D eigenvalue weighted by Crippen LogP contribution is 2.31. The smallest absolute Gasteiger partial charge is 0.410 e. The molecule has 1 N–H and O–H groups in total. The first-order valence-corrected chi connectivity index (χ1v) is 12.1. The molecular formula is C25H35ClN4O3. The van der Waals surface area contributed by atoms with Crippen molar-refractivity contribution in [3.8, 4) is 6.07 Å². The first-order valence-electron chi connectivity index (χ1n) is 11.7. The van der Waals surface area contributed by atoms with Gasteiger partial charge in [0.15, 0.2) is 5.54 Å². The van der Waals surface area contributed by atoms with Crippen LogP contribution in [0, 0.1) is 17.2 Å². The summed E-state index contributed by atoms with van der Waals surface area (Å²) >= 11 is 6.02. The summed E-state index contributed by atoms with van der Waals surface area (Å²) in [6.07, 6.45) is 3.96. The van der Waals surface area contributed by atoms with Gasteiger partial charge in [0.25, 0.3) is 0 Å². The minimum absolute atomic E-state index is 0.124. The molecule has 2 aliphatic rings. The molecule has 1 aromatic rings. The predicted octanol–water partition coefficient (Wildman–Crippen LogP) is 4.35. The number of rotatable bonds is 6. The largest absolute Gasteiger partial charge is 0.444 e. The topological polar surface area (TPSA) is 85.7 Å². The van der Waals surface area contributed by atoms with E-state index in [-0.39, 0.29) is 32.1 Å². The number of hydrogen-bond donors (Lipinski definition) is 1. The van der Waals surface area contributed by atoms with Crippen LogP contribution in [0.25, 0.3) is 0 Å². The standard InChI is InChI=1S/C25H35ClN4O3/c1-18-5-11-21(12-6-18)28-13-22(31)30(14-19-7-9-20(26)10-8-19)25(15-27)16-29(17-25)23(32)33-24(2,3)4/h7-10,18,21,28H,5-6,11-14,16-17H2,1-4H3/t18-,21-. The second-order valence-electron chi connectivity index (χ2n) is 10.4. The van der Waals surface area contributed by atoms with Gasteiger partial charge in [-0.15, -0.1) is 0 Å². The quantitative estimate of drug-likeness (QED) is 0.662. The Morgan fingerprint density at radius 3 is 2.36 bits per heavy atom. The van der Waals surface area contributed by atoms with Crippen LogP contribution in [0.3, 0.4) is 0 Å². The minimum atomic E-state index is -1.09. The second-order valence-corrected chi connectivity index (χ2v) is 10.9. The van der Waals surface area contributed by atoms with E-state index in [4.69, 9.17) is 16.3 Å². The summed E-state index contributed by atoms with van der Waals surface area (Å²) in [5, 5.41) is 14.1. The number of hydrogen-bond acceptors (Lipinski definition) is 5. The number of benzene rings is 1. The number of carbonyl (C=O) groups excluding carboxylic acids is 2. The number of likely N-dealkylation sites (tertiary alicyclic amines) is 1. The highest BCUT2D eigenvalue weighted by atomic mass is 35.5. The molecule has 0 spiro atoms. The zero-order valence-corrected chi connectivity index (χ0v) is 20.8. The maximum atomic E-state index is 13.4. The average molecular weight is 475 g/mol. The molecule has 1 aliphatic heterocycles. The molecule has 0 bridgehead atoms. The highest BCUT2D eigenvalue weighted by molar-refractivity contribution is 6.30. The third kappa shape index (κ3) is 6.61. The van der Waals surface area contributed by atoms with Crippen LogP contribution in [-0.2, 0) is 16.1 Å². The molecule has 0 aromatic heterocycles. The molecule has 7 nitrogen and oxygen atoms in total. The van der Waals surface area contributed by atoms with Crippen LogP contribution in [0.15, 0.2) is 24.3 Å². The summed E-state index contributed by atoms with van der Waals surface area (Å²) in [5.41, 5.74) is -0.830. The van der Waals surface area contributed by atoms with Crippen molar-refractivity contribution in [1.82, 2.24) is 15.1 Å². The number of nitrogens with one attached hydrogen (secondary N) is 1. The van der Waals surface area contributed by atoms with Gasteiger partial charge in [0.2, 0.25) is 5.91 Å². The fourth-order valence-corrected chi connectivity index (χ4v) is 4.51. The molecule has 2 amide bonds. The molecule has 1 heterocycles. The van der Waals surface area contributed by atoms with E-state index in [1.807, 2.05) is 12.1 Å². The summed E-state index contributed by atoms with van der Waals surface area (Å²) in [6.45, 7) is 8.36. The average Bonchev–Trinajstić information content (AvgIpc) is 2.72. The van der Waals surface area contributed by atoms with Crippen molar-refractivity contribution in [3.63, 3.8) is 0 Å². The minimum Gasteiger partial charge on any atom is -0.444 e. The monoisotopic (exact) mass is 474 g/mol. The molecule has 0 atom stereocenters. The fraction of sp³-hybridized carbons (Fsp3) is 0.640. The third-order valence-electron chi connectivity index (χ3n) is 6.39. The second kappa shape index (κ2) is 10.3. The number of amides is 2. The Morgan fingerprint density at radius 2 is 1.82 bits per heavy atom. The number of halogens is 1. The van der Waals surface area contributed by atoms with E-state index in [1.165, 1.54) is 4.90 Å². The van der Waals surface area contributed by atoms with Gasteiger partial charge in [-0.05, 0) is 70.1 Å². The van der Waals surface area contributed by atoms with Crippen LogP contribution < -0.4 is 5.32 Å². The maximum Gasteiger partial charge on any atom is 0.410 e. The van der Waals surface area contributed by atoms with Crippen molar-refractivity contribution < 1.29 is 14.3 Å².